The number of piperazine rings is 1. The molecule has 3 aliphatic rings. The maximum absolute atomic E-state index is 13.2. The third kappa shape index (κ3) is 4.78. The van der Waals surface area contributed by atoms with Gasteiger partial charge in [0.2, 0.25) is 15.9 Å². The molecule has 0 bridgehead atoms. The lowest BCUT2D eigenvalue weighted by Gasteiger charge is -2.39. The zero-order valence-corrected chi connectivity index (χ0v) is 20.5. The summed E-state index contributed by atoms with van der Waals surface area (Å²) in [6.07, 6.45) is 7.14. The molecule has 33 heavy (non-hydrogen) atoms. The van der Waals surface area contributed by atoms with Crippen molar-refractivity contribution >= 4 is 38.3 Å². The Morgan fingerprint density at radius 2 is 1.45 bits per heavy atom. The quantitative estimate of drug-likeness (QED) is 0.651. The summed E-state index contributed by atoms with van der Waals surface area (Å²) in [6, 6.07) is 11.3. The summed E-state index contributed by atoms with van der Waals surface area (Å²) in [5.74, 6) is 0.291. The predicted molar refractivity (Wildman–Crippen MR) is 131 cm³/mol. The van der Waals surface area contributed by atoms with Gasteiger partial charge in [0.1, 0.15) is 0 Å². The summed E-state index contributed by atoms with van der Waals surface area (Å²) in [5, 5.41) is 2.39. The number of nitrogens with zero attached hydrogens (tertiary/aromatic N) is 3. The SMILES string of the molecule is O=C(C1CCN(C2CCCC2)CC1)N1CCN(S(=O)(=O)c2ccc3cc(Cl)ccc3c2)CC1. The number of carbonyl (C=O) groups is 1. The molecule has 0 unspecified atom stereocenters. The average molecular weight is 490 g/mol. The number of amides is 1. The van der Waals surface area contributed by atoms with E-state index in [1.807, 2.05) is 17.0 Å². The highest BCUT2D eigenvalue weighted by Crippen LogP contribution is 2.29. The summed E-state index contributed by atoms with van der Waals surface area (Å²) in [6.45, 7) is 3.64. The summed E-state index contributed by atoms with van der Waals surface area (Å²) >= 11 is 6.04. The molecule has 178 valence electrons. The van der Waals surface area contributed by atoms with Gasteiger partial charge in [-0.05, 0) is 73.8 Å². The van der Waals surface area contributed by atoms with E-state index in [9.17, 15) is 13.2 Å². The highest BCUT2D eigenvalue weighted by molar-refractivity contribution is 7.89. The number of fused-ring (bicyclic) bond motifs is 1. The van der Waals surface area contributed by atoms with Crippen LogP contribution < -0.4 is 0 Å². The largest absolute Gasteiger partial charge is 0.340 e. The molecule has 0 N–H and O–H groups in total. The number of halogens is 1. The van der Waals surface area contributed by atoms with Gasteiger partial charge in [0, 0.05) is 43.2 Å². The molecular formula is C25H32ClN3O3S. The first-order chi connectivity index (χ1) is 15.9. The summed E-state index contributed by atoms with van der Waals surface area (Å²) < 4.78 is 28.0. The van der Waals surface area contributed by atoms with Crippen molar-refractivity contribution in [2.75, 3.05) is 39.3 Å². The first kappa shape index (κ1) is 23.1. The Morgan fingerprint density at radius 1 is 0.818 bits per heavy atom. The van der Waals surface area contributed by atoms with E-state index in [4.69, 9.17) is 11.6 Å². The zero-order chi connectivity index (χ0) is 23.0. The molecule has 0 spiro atoms. The lowest BCUT2D eigenvalue weighted by molar-refractivity contribution is -0.138. The molecule has 2 aromatic rings. The Balaban J connectivity index is 1.18. The van der Waals surface area contributed by atoms with Crippen LogP contribution in [0, 0.1) is 5.92 Å². The molecule has 2 aromatic carbocycles. The minimum Gasteiger partial charge on any atom is -0.340 e. The van der Waals surface area contributed by atoms with Crippen molar-refractivity contribution in [1.29, 1.82) is 0 Å². The van der Waals surface area contributed by atoms with E-state index in [0.29, 0.717) is 31.2 Å². The summed E-state index contributed by atoms with van der Waals surface area (Å²) in [5.41, 5.74) is 0. The third-order valence-corrected chi connectivity index (χ3v) is 9.81. The van der Waals surface area contributed by atoms with E-state index in [0.717, 1.165) is 42.7 Å². The van der Waals surface area contributed by atoms with Crippen LogP contribution in [0.1, 0.15) is 38.5 Å². The Morgan fingerprint density at radius 3 is 2.15 bits per heavy atom. The van der Waals surface area contributed by atoms with Crippen molar-refractivity contribution in [1.82, 2.24) is 14.1 Å². The zero-order valence-electron chi connectivity index (χ0n) is 19.0. The van der Waals surface area contributed by atoms with Crippen LogP contribution in [0.2, 0.25) is 5.02 Å². The second-order valence-corrected chi connectivity index (χ2v) is 12.0. The average Bonchev–Trinajstić information content (AvgIpc) is 3.38. The van der Waals surface area contributed by atoms with Gasteiger partial charge in [-0.15, -0.1) is 0 Å². The normalized spacial score (nSPS) is 22.3. The fourth-order valence-corrected chi connectivity index (χ4v) is 7.33. The summed E-state index contributed by atoms with van der Waals surface area (Å²) in [7, 11) is -3.60. The molecule has 8 heteroatoms. The smallest absolute Gasteiger partial charge is 0.243 e. The molecule has 0 atom stereocenters. The minimum atomic E-state index is -3.60. The van der Waals surface area contributed by atoms with E-state index in [-0.39, 0.29) is 16.7 Å². The maximum Gasteiger partial charge on any atom is 0.243 e. The van der Waals surface area contributed by atoms with Crippen LogP contribution in [0.5, 0.6) is 0 Å². The van der Waals surface area contributed by atoms with Crippen molar-refractivity contribution in [3.05, 3.63) is 41.4 Å². The van der Waals surface area contributed by atoms with Crippen molar-refractivity contribution in [3.8, 4) is 0 Å². The van der Waals surface area contributed by atoms with Crippen molar-refractivity contribution < 1.29 is 13.2 Å². The van der Waals surface area contributed by atoms with Gasteiger partial charge >= 0.3 is 0 Å². The fraction of sp³-hybridized carbons (Fsp3) is 0.560. The van der Waals surface area contributed by atoms with Crippen molar-refractivity contribution in [2.45, 2.75) is 49.5 Å². The van der Waals surface area contributed by atoms with Gasteiger partial charge in [-0.1, -0.05) is 36.6 Å². The molecular weight excluding hydrogens is 458 g/mol. The maximum atomic E-state index is 13.2. The highest BCUT2D eigenvalue weighted by Gasteiger charge is 2.35. The van der Waals surface area contributed by atoms with Crippen LogP contribution in [0.15, 0.2) is 41.3 Å². The van der Waals surface area contributed by atoms with Gasteiger partial charge < -0.3 is 9.80 Å². The Labute approximate surface area is 201 Å². The number of sulfonamides is 1. The van der Waals surface area contributed by atoms with E-state index >= 15 is 0 Å². The van der Waals surface area contributed by atoms with Crippen molar-refractivity contribution in [3.63, 3.8) is 0 Å². The first-order valence-corrected chi connectivity index (χ1v) is 14.0. The van der Waals surface area contributed by atoms with Crippen LogP contribution in [-0.4, -0.2) is 73.7 Å². The van der Waals surface area contributed by atoms with E-state index in [1.165, 1.54) is 30.0 Å². The first-order valence-electron chi connectivity index (χ1n) is 12.1. The van der Waals surface area contributed by atoms with Crippen LogP contribution in [0.3, 0.4) is 0 Å². The fourth-order valence-electron chi connectivity index (χ4n) is 5.69. The van der Waals surface area contributed by atoms with E-state index < -0.39 is 10.0 Å². The molecule has 6 nitrogen and oxygen atoms in total. The molecule has 3 fully saturated rings. The van der Waals surface area contributed by atoms with Gasteiger partial charge in [-0.3, -0.25) is 4.79 Å². The number of hydrogen-bond donors (Lipinski definition) is 0. The molecule has 2 aliphatic heterocycles. The number of likely N-dealkylation sites (tertiary alicyclic amines) is 1. The molecule has 5 rings (SSSR count). The predicted octanol–water partition coefficient (Wildman–Crippen LogP) is 3.98. The second kappa shape index (κ2) is 9.53. The van der Waals surface area contributed by atoms with Gasteiger partial charge in [-0.25, -0.2) is 8.42 Å². The Kier molecular flexibility index (Phi) is 6.67. The molecule has 2 heterocycles. The number of hydrogen-bond acceptors (Lipinski definition) is 4. The molecule has 0 aromatic heterocycles. The van der Waals surface area contributed by atoms with Crippen LogP contribution in [0.4, 0.5) is 0 Å². The molecule has 2 saturated heterocycles. The molecule has 1 aliphatic carbocycles. The van der Waals surface area contributed by atoms with Gasteiger partial charge in [0.15, 0.2) is 0 Å². The highest BCUT2D eigenvalue weighted by atomic mass is 35.5. The monoisotopic (exact) mass is 489 g/mol. The lowest BCUT2D eigenvalue weighted by atomic mass is 9.93. The minimum absolute atomic E-state index is 0.0816. The van der Waals surface area contributed by atoms with E-state index in [2.05, 4.69) is 4.90 Å². The standard InChI is InChI=1S/C25H32ClN3O3S/c26-22-7-5-21-18-24(8-6-20(21)17-22)33(31,32)29-15-13-28(14-16-29)25(30)19-9-11-27(12-10-19)23-3-1-2-4-23/h5-8,17-19,23H,1-4,9-16H2. The number of rotatable bonds is 4. The third-order valence-electron chi connectivity index (χ3n) is 7.68. The van der Waals surface area contributed by atoms with Gasteiger partial charge in [0.05, 0.1) is 4.90 Å². The number of piperidine rings is 1. The van der Waals surface area contributed by atoms with Crippen LogP contribution in [0.25, 0.3) is 10.8 Å². The molecule has 1 amide bonds. The van der Waals surface area contributed by atoms with Crippen LogP contribution >= 0.6 is 11.6 Å². The van der Waals surface area contributed by atoms with Gasteiger partial charge in [-0.2, -0.15) is 4.31 Å². The Bertz CT molecular complexity index is 1120. The molecule has 0 radical (unpaired) electrons. The Hall–Kier alpha value is -1.67. The summed E-state index contributed by atoms with van der Waals surface area (Å²) in [4.78, 5) is 17.9. The lowest BCUT2D eigenvalue weighted by Crippen LogP contribution is -2.53. The number of carbonyl (C=O) groups excluding carboxylic acids is 1. The van der Waals surface area contributed by atoms with Gasteiger partial charge in [0.25, 0.3) is 0 Å². The number of benzene rings is 2. The molecule has 1 saturated carbocycles. The van der Waals surface area contributed by atoms with E-state index in [1.54, 1.807) is 24.3 Å². The van der Waals surface area contributed by atoms with Crippen LogP contribution in [-0.2, 0) is 14.8 Å². The second-order valence-electron chi connectivity index (χ2n) is 9.63. The topological polar surface area (TPSA) is 60.9 Å². The van der Waals surface area contributed by atoms with Crippen molar-refractivity contribution in [2.24, 2.45) is 5.92 Å².